The van der Waals surface area contributed by atoms with Crippen LogP contribution in [0.1, 0.15) is 17.1 Å². The van der Waals surface area contributed by atoms with Gasteiger partial charge in [-0.3, -0.25) is 4.79 Å². The van der Waals surface area contributed by atoms with Crippen LogP contribution in [0.5, 0.6) is 5.88 Å². The minimum absolute atomic E-state index is 0.162. The van der Waals surface area contributed by atoms with E-state index in [-0.39, 0.29) is 12.3 Å². The molecule has 0 aromatic carbocycles. The summed E-state index contributed by atoms with van der Waals surface area (Å²) >= 11 is 0. The lowest BCUT2D eigenvalue weighted by Gasteiger charge is -2.06. The quantitative estimate of drug-likeness (QED) is 0.858. The molecule has 6 heteroatoms. The van der Waals surface area contributed by atoms with E-state index < -0.39 is 5.97 Å². The largest absolute Gasteiger partial charge is 0.481 e. The van der Waals surface area contributed by atoms with E-state index in [1.165, 1.54) is 13.3 Å². The molecule has 0 saturated carbocycles. The predicted molar refractivity (Wildman–Crippen MR) is 61.4 cm³/mol. The van der Waals surface area contributed by atoms with Gasteiger partial charge in [-0.25, -0.2) is 4.98 Å². The van der Waals surface area contributed by atoms with Gasteiger partial charge in [0.15, 0.2) is 0 Å². The van der Waals surface area contributed by atoms with E-state index in [4.69, 9.17) is 14.3 Å². The van der Waals surface area contributed by atoms with Crippen molar-refractivity contribution in [2.75, 3.05) is 7.11 Å². The van der Waals surface area contributed by atoms with Crippen molar-refractivity contribution in [3.8, 4) is 5.88 Å². The first-order valence-electron chi connectivity index (χ1n) is 5.32. The number of furan rings is 1. The van der Waals surface area contributed by atoms with E-state index in [1.807, 2.05) is 6.07 Å². The SMILES string of the molecule is COc1nc(Cc2ccco2)ncc1CC(=O)O. The first-order chi connectivity index (χ1) is 8.69. The van der Waals surface area contributed by atoms with Crippen molar-refractivity contribution in [3.63, 3.8) is 0 Å². The molecule has 0 aliphatic carbocycles. The Kier molecular flexibility index (Phi) is 3.57. The van der Waals surface area contributed by atoms with Gasteiger partial charge in [0, 0.05) is 11.8 Å². The molecule has 0 unspecified atom stereocenters. The van der Waals surface area contributed by atoms with E-state index in [9.17, 15) is 4.79 Å². The number of aliphatic carboxylic acids is 1. The first kappa shape index (κ1) is 12.1. The van der Waals surface area contributed by atoms with E-state index in [0.717, 1.165) is 5.76 Å². The number of nitrogens with zero attached hydrogens (tertiary/aromatic N) is 2. The average molecular weight is 248 g/mol. The lowest BCUT2D eigenvalue weighted by atomic mass is 10.2. The molecule has 2 heterocycles. The molecule has 0 aliphatic rings. The standard InChI is InChI=1S/C12H12N2O4/c1-17-12-8(5-11(15)16)7-13-10(14-12)6-9-3-2-4-18-9/h2-4,7H,5-6H2,1H3,(H,15,16). The predicted octanol–water partition coefficient (Wildman–Crippen LogP) is 1.30. The number of carbonyl (C=O) groups is 1. The van der Waals surface area contributed by atoms with Crippen LogP contribution in [0.4, 0.5) is 0 Å². The number of hydrogen-bond donors (Lipinski definition) is 1. The third-order valence-corrected chi connectivity index (χ3v) is 2.32. The van der Waals surface area contributed by atoms with Gasteiger partial charge in [-0.2, -0.15) is 4.98 Å². The molecule has 0 spiro atoms. The summed E-state index contributed by atoms with van der Waals surface area (Å²) < 4.78 is 10.3. The van der Waals surface area contributed by atoms with Crippen LogP contribution < -0.4 is 4.74 Å². The monoisotopic (exact) mass is 248 g/mol. The molecule has 2 aromatic heterocycles. The van der Waals surface area contributed by atoms with Crippen LogP contribution in [0.15, 0.2) is 29.0 Å². The Hall–Kier alpha value is -2.37. The summed E-state index contributed by atoms with van der Waals surface area (Å²) in [6.07, 6.45) is 3.32. The summed E-state index contributed by atoms with van der Waals surface area (Å²) in [6, 6.07) is 3.60. The molecule has 2 rings (SSSR count). The Morgan fingerprint density at radius 1 is 1.56 bits per heavy atom. The van der Waals surface area contributed by atoms with Crippen LogP contribution in [-0.4, -0.2) is 28.2 Å². The summed E-state index contributed by atoms with van der Waals surface area (Å²) in [5.74, 6) is 0.601. The van der Waals surface area contributed by atoms with Crippen molar-refractivity contribution < 1.29 is 19.1 Å². The second-order valence-corrected chi connectivity index (χ2v) is 3.65. The van der Waals surface area contributed by atoms with Crippen molar-refractivity contribution in [3.05, 3.63) is 41.7 Å². The van der Waals surface area contributed by atoms with Gasteiger partial charge >= 0.3 is 5.97 Å². The third-order valence-electron chi connectivity index (χ3n) is 2.32. The van der Waals surface area contributed by atoms with E-state index in [1.54, 1.807) is 12.3 Å². The molecule has 2 aromatic rings. The molecule has 0 amide bonds. The van der Waals surface area contributed by atoms with Gasteiger partial charge in [-0.05, 0) is 12.1 Å². The van der Waals surface area contributed by atoms with Crippen molar-refractivity contribution in [1.29, 1.82) is 0 Å². The van der Waals surface area contributed by atoms with Crippen molar-refractivity contribution >= 4 is 5.97 Å². The maximum absolute atomic E-state index is 10.7. The zero-order valence-corrected chi connectivity index (χ0v) is 9.79. The lowest BCUT2D eigenvalue weighted by Crippen LogP contribution is -2.07. The van der Waals surface area contributed by atoms with Crippen molar-refractivity contribution in [2.24, 2.45) is 0 Å². The van der Waals surface area contributed by atoms with Gasteiger partial charge < -0.3 is 14.3 Å². The summed E-state index contributed by atoms with van der Waals surface area (Å²) in [5, 5.41) is 8.74. The summed E-state index contributed by atoms with van der Waals surface area (Å²) in [7, 11) is 1.45. The fourth-order valence-corrected chi connectivity index (χ4v) is 1.54. The van der Waals surface area contributed by atoms with Gasteiger partial charge in [-0.1, -0.05) is 0 Å². The molecule has 6 nitrogen and oxygen atoms in total. The fraction of sp³-hybridized carbons (Fsp3) is 0.250. The van der Waals surface area contributed by atoms with Crippen molar-refractivity contribution in [2.45, 2.75) is 12.8 Å². The van der Waals surface area contributed by atoms with Gasteiger partial charge in [-0.15, -0.1) is 0 Å². The molecule has 0 bridgehead atoms. The molecule has 0 saturated heterocycles. The highest BCUT2D eigenvalue weighted by molar-refractivity contribution is 5.70. The van der Waals surface area contributed by atoms with Gasteiger partial charge in [0.25, 0.3) is 0 Å². The molecule has 18 heavy (non-hydrogen) atoms. The van der Waals surface area contributed by atoms with E-state index >= 15 is 0 Å². The van der Waals surface area contributed by atoms with Crippen molar-refractivity contribution in [1.82, 2.24) is 9.97 Å². The summed E-state index contributed by atoms with van der Waals surface area (Å²) in [5.41, 5.74) is 0.452. The molecular weight excluding hydrogens is 236 g/mol. The molecular formula is C12H12N2O4. The minimum atomic E-state index is -0.948. The highest BCUT2D eigenvalue weighted by atomic mass is 16.5. The first-order valence-corrected chi connectivity index (χ1v) is 5.32. The third kappa shape index (κ3) is 2.85. The topological polar surface area (TPSA) is 85.5 Å². The average Bonchev–Trinajstić information content (AvgIpc) is 2.83. The fourth-order valence-electron chi connectivity index (χ4n) is 1.54. The maximum Gasteiger partial charge on any atom is 0.308 e. The lowest BCUT2D eigenvalue weighted by molar-refractivity contribution is -0.136. The van der Waals surface area contributed by atoms with E-state index in [0.29, 0.717) is 17.8 Å². The maximum atomic E-state index is 10.7. The smallest absolute Gasteiger partial charge is 0.308 e. The molecule has 0 atom stereocenters. The number of methoxy groups -OCH3 is 1. The van der Waals surface area contributed by atoms with Crippen LogP contribution in [0.3, 0.4) is 0 Å². The van der Waals surface area contributed by atoms with Crippen LogP contribution in [0, 0.1) is 0 Å². The van der Waals surface area contributed by atoms with Gasteiger partial charge in [0.2, 0.25) is 5.88 Å². The number of carboxylic acids is 1. The summed E-state index contributed by atoms with van der Waals surface area (Å²) in [4.78, 5) is 18.9. The second-order valence-electron chi connectivity index (χ2n) is 3.65. The Bertz CT molecular complexity index is 537. The Morgan fingerprint density at radius 2 is 2.39 bits per heavy atom. The zero-order valence-electron chi connectivity index (χ0n) is 9.79. The van der Waals surface area contributed by atoms with Gasteiger partial charge in [0.05, 0.1) is 26.2 Å². The number of carboxylic acid groups (broad SMARTS) is 1. The number of aromatic nitrogens is 2. The van der Waals surface area contributed by atoms with E-state index in [2.05, 4.69) is 9.97 Å². The minimum Gasteiger partial charge on any atom is -0.481 e. The number of rotatable bonds is 5. The second kappa shape index (κ2) is 5.31. The Labute approximate surface area is 103 Å². The molecule has 0 radical (unpaired) electrons. The normalized spacial score (nSPS) is 10.3. The highest BCUT2D eigenvalue weighted by Crippen LogP contribution is 2.16. The molecule has 0 fully saturated rings. The highest BCUT2D eigenvalue weighted by Gasteiger charge is 2.12. The van der Waals surface area contributed by atoms with Crippen LogP contribution >= 0.6 is 0 Å². The Balaban J connectivity index is 2.21. The van der Waals surface area contributed by atoms with Crippen LogP contribution in [-0.2, 0) is 17.6 Å². The van der Waals surface area contributed by atoms with Gasteiger partial charge in [0.1, 0.15) is 11.6 Å². The van der Waals surface area contributed by atoms with Crippen LogP contribution in [0.25, 0.3) is 0 Å². The number of hydrogen-bond acceptors (Lipinski definition) is 5. The molecule has 1 N–H and O–H groups in total. The zero-order chi connectivity index (χ0) is 13.0. The Morgan fingerprint density at radius 3 is 3.00 bits per heavy atom. The number of ether oxygens (including phenoxy) is 1. The van der Waals surface area contributed by atoms with Crippen LogP contribution in [0.2, 0.25) is 0 Å². The summed E-state index contributed by atoms with van der Waals surface area (Å²) in [6.45, 7) is 0. The molecule has 0 aliphatic heterocycles. The molecule has 94 valence electrons.